The normalized spacial score (nSPS) is 15.8. The maximum Gasteiger partial charge on any atom is 0.306 e. The zero-order valence-corrected chi connectivity index (χ0v) is 18.2. The van der Waals surface area contributed by atoms with Crippen molar-refractivity contribution in [3.8, 4) is 11.5 Å². The number of carboxylic acids is 1. The van der Waals surface area contributed by atoms with Gasteiger partial charge in [0.25, 0.3) is 0 Å². The lowest BCUT2D eigenvalue weighted by Crippen LogP contribution is -2.39. The van der Waals surface area contributed by atoms with E-state index in [1.807, 2.05) is 66.7 Å². The number of hydrogen-bond donors (Lipinski definition) is 1. The van der Waals surface area contributed by atoms with Crippen LogP contribution in [0.1, 0.15) is 35.7 Å². The van der Waals surface area contributed by atoms with Crippen molar-refractivity contribution in [1.29, 1.82) is 0 Å². The Kier molecular flexibility index (Phi) is 7.02. The second-order valence-electron chi connectivity index (χ2n) is 7.99. The third-order valence-electron chi connectivity index (χ3n) is 5.95. The summed E-state index contributed by atoms with van der Waals surface area (Å²) in [6.45, 7) is 1.86. The van der Waals surface area contributed by atoms with Gasteiger partial charge in [-0.05, 0) is 61.3 Å². The number of pyridine rings is 1. The number of methoxy groups -OCH3 is 1. The van der Waals surface area contributed by atoms with E-state index in [1.165, 1.54) is 0 Å². The first kappa shape index (κ1) is 21.8. The highest BCUT2D eigenvalue weighted by Gasteiger charge is 2.31. The van der Waals surface area contributed by atoms with Gasteiger partial charge in [-0.15, -0.1) is 0 Å². The summed E-state index contributed by atoms with van der Waals surface area (Å²) < 4.78 is 11.7. The number of piperidine rings is 1. The number of aromatic nitrogens is 1. The van der Waals surface area contributed by atoms with Gasteiger partial charge >= 0.3 is 5.97 Å². The minimum Gasteiger partial charge on any atom is -0.493 e. The van der Waals surface area contributed by atoms with Gasteiger partial charge < -0.3 is 14.6 Å². The summed E-state index contributed by atoms with van der Waals surface area (Å²) in [5.41, 5.74) is 3.06. The minimum absolute atomic E-state index is 0.0805. The van der Waals surface area contributed by atoms with Crippen molar-refractivity contribution in [2.24, 2.45) is 5.92 Å². The first-order valence-corrected chi connectivity index (χ1v) is 10.9. The highest BCUT2D eigenvalue weighted by atomic mass is 16.5. The minimum atomic E-state index is -0.708. The number of carboxylic acid groups (broad SMARTS) is 1. The van der Waals surface area contributed by atoms with Crippen molar-refractivity contribution in [2.45, 2.75) is 25.5 Å². The van der Waals surface area contributed by atoms with Gasteiger partial charge in [0.2, 0.25) is 0 Å². The maximum absolute atomic E-state index is 11.4. The van der Waals surface area contributed by atoms with Crippen LogP contribution in [-0.4, -0.2) is 41.2 Å². The lowest BCUT2D eigenvalue weighted by Gasteiger charge is -2.36. The van der Waals surface area contributed by atoms with Gasteiger partial charge in [-0.25, -0.2) is 0 Å². The Balaban J connectivity index is 1.59. The highest BCUT2D eigenvalue weighted by molar-refractivity contribution is 5.70. The van der Waals surface area contributed by atoms with E-state index in [1.54, 1.807) is 13.3 Å². The molecule has 1 atom stereocenters. The average Bonchev–Trinajstić information content (AvgIpc) is 2.85. The van der Waals surface area contributed by atoms with Crippen molar-refractivity contribution in [3.63, 3.8) is 0 Å². The van der Waals surface area contributed by atoms with Crippen molar-refractivity contribution < 1.29 is 19.4 Å². The molecule has 0 amide bonds. The number of aliphatic carboxylic acids is 1. The van der Waals surface area contributed by atoms with Crippen molar-refractivity contribution in [3.05, 3.63) is 89.7 Å². The molecule has 166 valence electrons. The number of rotatable bonds is 8. The summed E-state index contributed by atoms with van der Waals surface area (Å²) in [4.78, 5) is 18.3. The molecule has 1 aliphatic rings. The third-order valence-corrected chi connectivity index (χ3v) is 5.95. The predicted octanol–water partition coefficient (Wildman–Crippen LogP) is 4.56. The third kappa shape index (κ3) is 5.08. The lowest BCUT2D eigenvalue weighted by atomic mass is 9.93. The smallest absolute Gasteiger partial charge is 0.306 e. The van der Waals surface area contributed by atoms with Crippen LogP contribution in [0.3, 0.4) is 0 Å². The summed E-state index contributed by atoms with van der Waals surface area (Å²) in [5, 5.41) is 9.37. The molecule has 2 aromatic carbocycles. The van der Waals surface area contributed by atoms with E-state index in [0.717, 1.165) is 16.8 Å². The maximum atomic E-state index is 11.4. The summed E-state index contributed by atoms with van der Waals surface area (Å²) in [7, 11) is 1.64. The summed E-state index contributed by atoms with van der Waals surface area (Å²) in [6.07, 6.45) is 3.06. The second kappa shape index (κ2) is 10.3. The Hall–Kier alpha value is -3.38. The van der Waals surface area contributed by atoms with E-state index in [4.69, 9.17) is 9.47 Å². The van der Waals surface area contributed by atoms with Gasteiger partial charge in [-0.2, -0.15) is 0 Å². The number of nitrogens with zero attached hydrogens (tertiary/aromatic N) is 2. The fourth-order valence-corrected chi connectivity index (χ4v) is 4.22. The molecule has 1 aromatic heterocycles. The van der Waals surface area contributed by atoms with Crippen LogP contribution < -0.4 is 9.47 Å². The van der Waals surface area contributed by atoms with Gasteiger partial charge in [0.15, 0.2) is 11.5 Å². The van der Waals surface area contributed by atoms with Gasteiger partial charge in [0, 0.05) is 6.20 Å². The van der Waals surface area contributed by atoms with Crippen LogP contribution in [0, 0.1) is 5.92 Å². The zero-order valence-electron chi connectivity index (χ0n) is 18.2. The van der Waals surface area contributed by atoms with E-state index in [9.17, 15) is 9.90 Å². The molecule has 1 aliphatic heterocycles. The Morgan fingerprint density at radius 2 is 1.81 bits per heavy atom. The molecule has 6 nitrogen and oxygen atoms in total. The summed E-state index contributed by atoms with van der Waals surface area (Å²) >= 11 is 0. The lowest BCUT2D eigenvalue weighted by molar-refractivity contribution is -0.143. The summed E-state index contributed by atoms with van der Waals surface area (Å²) in [6, 6.07) is 21.8. The fourth-order valence-electron chi connectivity index (χ4n) is 4.22. The van der Waals surface area contributed by atoms with Crippen LogP contribution in [0.25, 0.3) is 0 Å². The molecule has 0 aliphatic carbocycles. The predicted molar refractivity (Wildman–Crippen MR) is 122 cm³/mol. The molecule has 3 aromatic rings. The van der Waals surface area contributed by atoms with Gasteiger partial charge in [0.05, 0.1) is 24.8 Å². The Morgan fingerprint density at radius 3 is 2.47 bits per heavy atom. The first-order valence-electron chi connectivity index (χ1n) is 10.9. The topological polar surface area (TPSA) is 71.9 Å². The van der Waals surface area contributed by atoms with Crippen molar-refractivity contribution in [2.75, 3.05) is 20.2 Å². The van der Waals surface area contributed by atoms with Crippen LogP contribution >= 0.6 is 0 Å². The monoisotopic (exact) mass is 432 g/mol. The quantitative estimate of drug-likeness (QED) is 0.563. The van der Waals surface area contributed by atoms with Crippen LogP contribution in [0.4, 0.5) is 0 Å². The average molecular weight is 433 g/mol. The number of likely N-dealkylation sites (tertiary alicyclic amines) is 1. The molecular formula is C26H28N2O4. The van der Waals surface area contributed by atoms with Gasteiger partial charge in [-0.1, -0.05) is 42.5 Å². The molecule has 1 N–H and O–H groups in total. The highest BCUT2D eigenvalue weighted by Crippen LogP contribution is 2.36. The molecule has 0 bridgehead atoms. The Labute approximate surface area is 188 Å². The number of carbonyl (C=O) groups is 1. The molecule has 4 rings (SSSR count). The largest absolute Gasteiger partial charge is 0.493 e. The molecule has 0 spiro atoms. The number of ether oxygens (including phenoxy) is 2. The molecular weight excluding hydrogens is 404 g/mol. The molecule has 2 heterocycles. The van der Waals surface area contributed by atoms with E-state index in [2.05, 4.69) is 9.88 Å². The van der Waals surface area contributed by atoms with Crippen molar-refractivity contribution in [1.82, 2.24) is 9.88 Å². The van der Waals surface area contributed by atoms with Crippen LogP contribution in [0.2, 0.25) is 0 Å². The van der Waals surface area contributed by atoms with E-state index in [-0.39, 0.29) is 12.0 Å². The van der Waals surface area contributed by atoms with E-state index >= 15 is 0 Å². The Bertz CT molecular complexity index is 1020. The zero-order chi connectivity index (χ0) is 22.3. The molecule has 1 fully saturated rings. The van der Waals surface area contributed by atoms with E-state index in [0.29, 0.717) is 44.0 Å². The summed E-state index contributed by atoms with van der Waals surface area (Å²) in [5.74, 6) is 0.365. The molecule has 1 unspecified atom stereocenters. The molecule has 0 radical (unpaired) electrons. The SMILES string of the molecule is COc1cc(C(c2ccccn2)N2CCC(C(=O)O)CC2)ccc1OCc1ccccc1. The number of hydrogen-bond acceptors (Lipinski definition) is 5. The first-order chi connectivity index (χ1) is 15.7. The number of benzene rings is 2. The van der Waals surface area contributed by atoms with Gasteiger partial charge in [0.1, 0.15) is 6.61 Å². The molecule has 1 saturated heterocycles. The standard InChI is InChI=1S/C26H28N2O4/c1-31-24-17-21(10-11-23(24)32-18-19-7-3-2-4-8-19)25(22-9-5-6-14-27-22)28-15-12-20(13-16-28)26(29)30/h2-11,14,17,20,25H,12-13,15-16,18H2,1H3,(H,29,30). The van der Waals surface area contributed by atoms with E-state index < -0.39 is 5.97 Å². The van der Waals surface area contributed by atoms with Crippen LogP contribution in [0.5, 0.6) is 11.5 Å². The van der Waals surface area contributed by atoms with Crippen LogP contribution in [-0.2, 0) is 11.4 Å². The molecule has 32 heavy (non-hydrogen) atoms. The van der Waals surface area contributed by atoms with Crippen molar-refractivity contribution >= 4 is 5.97 Å². The molecule has 6 heteroatoms. The molecule has 0 saturated carbocycles. The Morgan fingerprint density at radius 1 is 1.06 bits per heavy atom. The van der Waals surface area contributed by atoms with Gasteiger partial charge in [-0.3, -0.25) is 14.7 Å². The van der Waals surface area contributed by atoms with Crippen LogP contribution in [0.15, 0.2) is 72.9 Å². The second-order valence-corrected chi connectivity index (χ2v) is 7.99. The fraction of sp³-hybridized carbons (Fsp3) is 0.308.